The molecule has 190 valence electrons. The number of carbonyl (C=O) groups is 2. The Hall–Kier alpha value is -5.18. The topological polar surface area (TPSA) is 105 Å². The van der Waals surface area contributed by atoms with Crippen LogP contribution in [0.1, 0.15) is 15.9 Å². The van der Waals surface area contributed by atoms with Crippen LogP contribution in [0.5, 0.6) is 11.5 Å². The third kappa shape index (κ3) is 5.03. The second-order valence-corrected chi connectivity index (χ2v) is 8.39. The largest absolute Gasteiger partial charge is 0.493 e. The highest BCUT2D eigenvalue weighted by Gasteiger charge is 2.17. The Morgan fingerprint density at radius 3 is 2.32 bits per heavy atom. The van der Waals surface area contributed by atoms with Crippen LogP contribution in [0.4, 0.5) is 20.6 Å². The standard InChI is InChI=1S/C29H23FN4O4/c1-37-25-11-10-22(14-26(25)38-2)34-29(36)33-21-5-3-4-18(12-21)27(35)24-16-32-28-23(24)13-19(15-31-28)17-6-8-20(30)9-7-17/h3-16H,1-2H3,(H,31,32)(H2,33,34,36). The van der Waals surface area contributed by atoms with Gasteiger partial charge in [-0.2, -0.15) is 0 Å². The van der Waals surface area contributed by atoms with Gasteiger partial charge in [0.15, 0.2) is 17.3 Å². The van der Waals surface area contributed by atoms with E-state index in [1.54, 1.807) is 67.0 Å². The number of ketones is 1. The van der Waals surface area contributed by atoms with Gasteiger partial charge in [0.25, 0.3) is 0 Å². The van der Waals surface area contributed by atoms with Gasteiger partial charge in [-0.1, -0.05) is 24.3 Å². The highest BCUT2D eigenvalue weighted by molar-refractivity contribution is 6.16. The van der Waals surface area contributed by atoms with Gasteiger partial charge in [-0.25, -0.2) is 14.2 Å². The lowest BCUT2D eigenvalue weighted by Crippen LogP contribution is -2.19. The fraction of sp³-hybridized carbons (Fsp3) is 0.0690. The van der Waals surface area contributed by atoms with Crippen LogP contribution in [-0.4, -0.2) is 36.0 Å². The summed E-state index contributed by atoms with van der Waals surface area (Å²) in [6.07, 6.45) is 3.28. The first-order valence-electron chi connectivity index (χ1n) is 11.6. The summed E-state index contributed by atoms with van der Waals surface area (Å²) in [6, 6.07) is 19.1. The summed E-state index contributed by atoms with van der Waals surface area (Å²) >= 11 is 0. The van der Waals surface area contributed by atoms with Crippen molar-refractivity contribution in [2.45, 2.75) is 0 Å². The molecule has 38 heavy (non-hydrogen) atoms. The number of pyridine rings is 1. The van der Waals surface area contributed by atoms with E-state index in [1.807, 2.05) is 6.07 Å². The van der Waals surface area contributed by atoms with Crippen molar-refractivity contribution in [3.63, 3.8) is 0 Å². The number of aromatic nitrogens is 2. The molecule has 5 aromatic rings. The van der Waals surface area contributed by atoms with Crippen LogP contribution in [-0.2, 0) is 0 Å². The van der Waals surface area contributed by atoms with Crippen molar-refractivity contribution in [3.05, 3.63) is 102 Å². The summed E-state index contributed by atoms with van der Waals surface area (Å²) in [5.74, 6) is 0.458. The first kappa shape index (κ1) is 24.5. The van der Waals surface area contributed by atoms with E-state index in [9.17, 15) is 14.0 Å². The zero-order chi connectivity index (χ0) is 26.6. The molecule has 2 aromatic heterocycles. The molecule has 0 saturated heterocycles. The number of methoxy groups -OCH3 is 2. The van der Waals surface area contributed by atoms with E-state index >= 15 is 0 Å². The highest BCUT2D eigenvalue weighted by atomic mass is 19.1. The molecule has 2 amide bonds. The maximum absolute atomic E-state index is 13.4. The normalized spacial score (nSPS) is 10.7. The molecule has 0 radical (unpaired) electrons. The number of carbonyl (C=O) groups excluding carboxylic acids is 2. The number of H-pyrrole nitrogens is 1. The Bertz CT molecular complexity index is 1650. The van der Waals surface area contributed by atoms with Crippen molar-refractivity contribution in [2.24, 2.45) is 0 Å². The van der Waals surface area contributed by atoms with E-state index in [0.29, 0.717) is 45.0 Å². The molecule has 0 unspecified atom stereocenters. The van der Waals surface area contributed by atoms with Crippen LogP contribution >= 0.6 is 0 Å². The SMILES string of the molecule is COc1ccc(NC(=O)Nc2cccc(C(=O)c3c[nH]c4ncc(-c5ccc(F)cc5)cc34)c2)cc1OC. The van der Waals surface area contributed by atoms with Gasteiger partial charge in [0.2, 0.25) is 0 Å². The van der Waals surface area contributed by atoms with E-state index in [4.69, 9.17) is 9.47 Å². The van der Waals surface area contributed by atoms with Gasteiger partial charge in [-0.3, -0.25) is 4.79 Å². The van der Waals surface area contributed by atoms with Crippen molar-refractivity contribution >= 4 is 34.2 Å². The third-order valence-electron chi connectivity index (χ3n) is 5.98. The first-order valence-corrected chi connectivity index (χ1v) is 11.6. The smallest absolute Gasteiger partial charge is 0.323 e. The summed E-state index contributed by atoms with van der Waals surface area (Å²) in [4.78, 5) is 33.5. The number of amides is 2. The molecule has 3 aromatic carbocycles. The fourth-order valence-electron chi connectivity index (χ4n) is 4.09. The van der Waals surface area contributed by atoms with Crippen molar-refractivity contribution in [2.75, 3.05) is 24.9 Å². The lowest BCUT2D eigenvalue weighted by Gasteiger charge is -2.12. The second kappa shape index (κ2) is 10.4. The molecule has 0 fully saturated rings. The molecule has 0 spiro atoms. The number of hydrogen-bond acceptors (Lipinski definition) is 5. The predicted octanol–water partition coefficient (Wildman–Crippen LogP) is 6.26. The number of fused-ring (bicyclic) bond motifs is 1. The van der Waals surface area contributed by atoms with Crippen molar-refractivity contribution < 1.29 is 23.5 Å². The number of nitrogens with one attached hydrogen (secondary N) is 3. The van der Waals surface area contributed by atoms with Gasteiger partial charge in [-0.15, -0.1) is 0 Å². The Labute approximate surface area is 217 Å². The van der Waals surface area contributed by atoms with Gasteiger partial charge in [0.05, 0.1) is 14.2 Å². The summed E-state index contributed by atoms with van der Waals surface area (Å²) in [5.41, 5.74) is 3.88. The van der Waals surface area contributed by atoms with E-state index in [0.717, 1.165) is 11.1 Å². The van der Waals surface area contributed by atoms with Crippen molar-refractivity contribution in [3.8, 4) is 22.6 Å². The summed E-state index contributed by atoms with van der Waals surface area (Å²) in [7, 11) is 3.04. The number of hydrogen-bond donors (Lipinski definition) is 3. The molecule has 0 saturated carbocycles. The Balaban J connectivity index is 1.35. The third-order valence-corrected chi connectivity index (χ3v) is 5.98. The molecular weight excluding hydrogens is 487 g/mol. The highest BCUT2D eigenvalue weighted by Crippen LogP contribution is 2.30. The number of nitrogens with zero attached hydrogens (tertiary/aromatic N) is 1. The molecule has 5 rings (SSSR count). The Morgan fingerprint density at radius 1 is 0.842 bits per heavy atom. The number of anilines is 2. The monoisotopic (exact) mass is 510 g/mol. The van der Waals surface area contributed by atoms with Gasteiger partial charge in [0, 0.05) is 51.9 Å². The minimum atomic E-state index is -0.484. The average molecular weight is 511 g/mol. The quantitative estimate of drug-likeness (QED) is 0.224. The number of benzene rings is 3. The lowest BCUT2D eigenvalue weighted by atomic mass is 10.0. The Morgan fingerprint density at radius 2 is 1.58 bits per heavy atom. The summed E-state index contributed by atoms with van der Waals surface area (Å²) < 4.78 is 23.8. The molecule has 8 nitrogen and oxygen atoms in total. The molecule has 0 bridgehead atoms. The van der Waals surface area contributed by atoms with Gasteiger partial charge in [0.1, 0.15) is 11.5 Å². The number of urea groups is 1. The van der Waals surface area contributed by atoms with Gasteiger partial charge < -0.3 is 25.1 Å². The number of ether oxygens (including phenoxy) is 2. The molecule has 3 N–H and O–H groups in total. The summed E-state index contributed by atoms with van der Waals surface area (Å²) in [6.45, 7) is 0. The number of rotatable bonds is 7. The zero-order valence-electron chi connectivity index (χ0n) is 20.5. The van der Waals surface area contributed by atoms with Crippen LogP contribution in [0.2, 0.25) is 0 Å². The molecule has 9 heteroatoms. The minimum absolute atomic E-state index is 0.238. The molecule has 0 aliphatic carbocycles. The maximum atomic E-state index is 13.4. The maximum Gasteiger partial charge on any atom is 0.323 e. The van der Waals surface area contributed by atoms with Crippen LogP contribution in [0.3, 0.4) is 0 Å². The lowest BCUT2D eigenvalue weighted by molar-refractivity contribution is 0.104. The molecule has 0 aliphatic heterocycles. The molecular formula is C29H23FN4O4. The van der Waals surface area contributed by atoms with E-state index in [1.165, 1.54) is 26.4 Å². The molecule has 2 heterocycles. The minimum Gasteiger partial charge on any atom is -0.493 e. The Kier molecular flexibility index (Phi) is 6.73. The summed E-state index contributed by atoms with van der Waals surface area (Å²) in [5, 5.41) is 6.12. The second-order valence-electron chi connectivity index (χ2n) is 8.39. The predicted molar refractivity (Wildman–Crippen MR) is 144 cm³/mol. The van der Waals surface area contributed by atoms with E-state index in [-0.39, 0.29) is 11.6 Å². The van der Waals surface area contributed by atoms with Crippen LogP contribution in [0.15, 0.2) is 85.2 Å². The fourth-order valence-corrected chi connectivity index (χ4v) is 4.09. The molecule has 0 aliphatic rings. The van der Waals surface area contributed by atoms with Crippen molar-refractivity contribution in [1.29, 1.82) is 0 Å². The van der Waals surface area contributed by atoms with Crippen LogP contribution in [0.25, 0.3) is 22.2 Å². The number of halogens is 1. The van der Waals surface area contributed by atoms with Gasteiger partial charge in [-0.05, 0) is 48.0 Å². The van der Waals surface area contributed by atoms with E-state index < -0.39 is 6.03 Å². The van der Waals surface area contributed by atoms with Crippen LogP contribution < -0.4 is 20.1 Å². The zero-order valence-corrected chi connectivity index (χ0v) is 20.5. The number of aromatic amines is 1. The van der Waals surface area contributed by atoms with Gasteiger partial charge >= 0.3 is 6.03 Å². The first-order chi connectivity index (χ1) is 18.4. The average Bonchev–Trinajstić information content (AvgIpc) is 3.36. The van der Waals surface area contributed by atoms with Crippen LogP contribution in [0, 0.1) is 5.82 Å². The van der Waals surface area contributed by atoms with Crippen molar-refractivity contribution in [1.82, 2.24) is 9.97 Å². The molecule has 0 atom stereocenters. The van der Waals surface area contributed by atoms with E-state index in [2.05, 4.69) is 20.6 Å².